The third-order valence-corrected chi connectivity index (χ3v) is 6.25. The molecule has 0 aliphatic carbocycles. The van der Waals surface area contributed by atoms with E-state index in [2.05, 4.69) is 0 Å². The fourth-order valence-corrected chi connectivity index (χ4v) is 3.67. The molecule has 0 radical (unpaired) electrons. The highest BCUT2D eigenvalue weighted by atomic mass is 16.7. The largest absolute Gasteiger partial charge is 0.462 e. The van der Waals surface area contributed by atoms with Gasteiger partial charge in [-0.1, -0.05) is 25.2 Å². The predicted molar refractivity (Wildman–Crippen MR) is 115 cm³/mol. The zero-order chi connectivity index (χ0) is 24.1. The second kappa shape index (κ2) is 11.7. The summed E-state index contributed by atoms with van der Waals surface area (Å²) in [6.45, 7) is 6.71. The van der Waals surface area contributed by atoms with E-state index >= 15 is 0 Å². The van der Waals surface area contributed by atoms with Crippen LogP contribution in [-0.4, -0.2) is 86.6 Å². The Morgan fingerprint density at radius 1 is 1.19 bits per heavy atom. The van der Waals surface area contributed by atoms with Gasteiger partial charge in [-0.05, 0) is 51.5 Å². The average Bonchev–Trinajstić information content (AvgIpc) is 2.74. The summed E-state index contributed by atoms with van der Waals surface area (Å²) in [4.78, 5) is 12.1. The number of aliphatic hydroxyl groups is 5. The van der Waals surface area contributed by atoms with Crippen LogP contribution in [0.15, 0.2) is 23.8 Å². The predicted octanol–water partition coefficient (Wildman–Crippen LogP) is 0.567. The highest BCUT2D eigenvalue weighted by Gasteiger charge is 2.44. The summed E-state index contributed by atoms with van der Waals surface area (Å²) in [7, 11) is 0. The van der Waals surface area contributed by atoms with Gasteiger partial charge in [-0.2, -0.15) is 0 Å². The van der Waals surface area contributed by atoms with Crippen molar-refractivity contribution in [2.75, 3.05) is 6.61 Å². The molecule has 9 atom stereocenters. The summed E-state index contributed by atoms with van der Waals surface area (Å²) >= 11 is 0. The summed E-state index contributed by atoms with van der Waals surface area (Å²) in [5, 5.41) is 50.4. The molecular weight excluding hydrogens is 420 g/mol. The molecule has 0 aromatic rings. The van der Waals surface area contributed by atoms with Gasteiger partial charge in [-0.3, -0.25) is 4.79 Å². The Morgan fingerprint density at radius 3 is 2.53 bits per heavy atom. The minimum absolute atomic E-state index is 0.0570. The zero-order valence-corrected chi connectivity index (χ0v) is 19.3. The van der Waals surface area contributed by atoms with Gasteiger partial charge in [-0.25, -0.2) is 0 Å². The Labute approximate surface area is 189 Å². The average molecular weight is 459 g/mol. The van der Waals surface area contributed by atoms with Crippen LogP contribution in [0, 0.1) is 5.92 Å². The van der Waals surface area contributed by atoms with Crippen molar-refractivity contribution in [2.24, 2.45) is 5.92 Å². The second-order valence-electron chi connectivity index (χ2n) is 9.17. The van der Waals surface area contributed by atoms with Gasteiger partial charge in [0.15, 0.2) is 6.29 Å². The fraction of sp³-hybridized carbons (Fsp3) is 0.783. The van der Waals surface area contributed by atoms with Crippen LogP contribution < -0.4 is 0 Å². The first-order chi connectivity index (χ1) is 14.9. The molecule has 2 aliphatic heterocycles. The number of carbonyl (C=O) groups excluding carboxylic acids is 1. The number of cyclic esters (lactones) is 1. The summed E-state index contributed by atoms with van der Waals surface area (Å²) < 4.78 is 16.9. The molecule has 0 spiro atoms. The van der Waals surface area contributed by atoms with E-state index in [0.29, 0.717) is 6.42 Å². The van der Waals surface area contributed by atoms with Gasteiger partial charge >= 0.3 is 5.97 Å². The topological polar surface area (TPSA) is 146 Å². The molecule has 2 aliphatic rings. The standard InChI is InChI=1S/C23H38O9/c1-13-6-5-7-14(2)16(8-10-23(4,29)11-9-18(25)30-15(13)3)31-22-21(28)20(27)19(26)17(12-24)32-22/h7-8,10,13,15-17,19-22,24,26-29H,5-6,9,11-12H2,1-4H3/b10-8+,14-7+/t13-,15+,16-,17+,19+,20-,21+,22-,23+/m0/s1. The van der Waals surface area contributed by atoms with E-state index in [0.717, 1.165) is 12.0 Å². The molecule has 9 heteroatoms. The summed E-state index contributed by atoms with van der Waals surface area (Å²) in [6, 6.07) is 0. The first kappa shape index (κ1) is 26.9. The monoisotopic (exact) mass is 458 g/mol. The maximum Gasteiger partial charge on any atom is 0.306 e. The van der Waals surface area contributed by atoms with E-state index in [1.54, 1.807) is 13.0 Å². The maximum absolute atomic E-state index is 12.1. The smallest absolute Gasteiger partial charge is 0.306 e. The minimum atomic E-state index is -1.55. The van der Waals surface area contributed by atoms with Crippen LogP contribution in [0.2, 0.25) is 0 Å². The molecule has 9 nitrogen and oxygen atoms in total. The van der Waals surface area contributed by atoms with E-state index in [4.69, 9.17) is 14.2 Å². The van der Waals surface area contributed by atoms with Gasteiger partial charge in [0, 0.05) is 6.42 Å². The van der Waals surface area contributed by atoms with Gasteiger partial charge < -0.3 is 39.7 Å². The number of esters is 1. The molecule has 32 heavy (non-hydrogen) atoms. The third kappa shape index (κ3) is 7.34. The minimum Gasteiger partial charge on any atom is -0.462 e. The number of rotatable bonds is 3. The lowest BCUT2D eigenvalue weighted by Crippen LogP contribution is -2.59. The van der Waals surface area contributed by atoms with E-state index in [9.17, 15) is 30.3 Å². The molecule has 0 bridgehead atoms. The molecule has 0 aromatic heterocycles. The van der Waals surface area contributed by atoms with Gasteiger partial charge in [0.1, 0.15) is 30.5 Å². The van der Waals surface area contributed by atoms with Crippen molar-refractivity contribution < 1.29 is 44.5 Å². The molecule has 0 aromatic carbocycles. The van der Waals surface area contributed by atoms with Crippen LogP contribution in [0.5, 0.6) is 0 Å². The van der Waals surface area contributed by atoms with Crippen molar-refractivity contribution in [3.05, 3.63) is 23.8 Å². The Balaban J connectivity index is 2.26. The summed E-state index contributed by atoms with van der Waals surface area (Å²) in [5.74, 6) is -0.234. The second-order valence-corrected chi connectivity index (χ2v) is 9.17. The SMILES string of the molecule is C/C1=C\CC[C@H](C)[C@@H](C)OC(=O)CC[C@](C)(O)/C=C/[C@@H]1O[C@H]1O[C@H](CO)[C@@H](O)[C@H](O)[C@H]1O. The number of hydrogen-bond acceptors (Lipinski definition) is 9. The van der Waals surface area contributed by atoms with Crippen molar-refractivity contribution in [1.29, 1.82) is 0 Å². The van der Waals surface area contributed by atoms with Crippen LogP contribution in [0.3, 0.4) is 0 Å². The van der Waals surface area contributed by atoms with Crippen molar-refractivity contribution in [3.63, 3.8) is 0 Å². The van der Waals surface area contributed by atoms with Crippen molar-refractivity contribution in [3.8, 4) is 0 Å². The number of aliphatic hydroxyl groups excluding tert-OH is 4. The Bertz CT molecular complexity index is 672. The molecular formula is C23H38O9. The molecule has 1 fully saturated rings. The molecule has 5 N–H and O–H groups in total. The highest BCUT2D eigenvalue weighted by Crippen LogP contribution is 2.26. The van der Waals surface area contributed by atoms with Crippen LogP contribution >= 0.6 is 0 Å². The van der Waals surface area contributed by atoms with Crippen LogP contribution in [0.4, 0.5) is 0 Å². The Hall–Kier alpha value is -1.33. The molecule has 0 amide bonds. The van der Waals surface area contributed by atoms with Crippen molar-refractivity contribution >= 4 is 5.97 Å². The number of hydrogen-bond donors (Lipinski definition) is 5. The summed E-state index contributed by atoms with van der Waals surface area (Å²) in [5.41, 5.74) is -0.516. The molecule has 2 rings (SSSR count). The van der Waals surface area contributed by atoms with Gasteiger partial charge in [0.25, 0.3) is 0 Å². The molecule has 184 valence electrons. The van der Waals surface area contributed by atoms with Crippen LogP contribution in [-0.2, 0) is 19.0 Å². The number of ether oxygens (including phenoxy) is 3. The Morgan fingerprint density at radius 2 is 1.88 bits per heavy atom. The van der Waals surface area contributed by atoms with Crippen molar-refractivity contribution in [2.45, 2.75) is 102 Å². The third-order valence-electron chi connectivity index (χ3n) is 6.25. The molecule has 0 saturated carbocycles. The molecule has 0 unspecified atom stereocenters. The first-order valence-corrected chi connectivity index (χ1v) is 11.2. The fourth-order valence-electron chi connectivity index (χ4n) is 3.67. The lowest BCUT2D eigenvalue weighted by Gasteiger charge is -2.40. The van der Waals surface area contributed by atoms with Gasteiger partial charge in [-0.15, -0.1) is 0 Å². The maximum atomic E-state index is 12.1. The summed E-state index contributed by atoms with van der Waals surface area (Å²) in [6.07, 6.45) is -1.14. The first-order valence-electron chi connectivity index (χ1n) is 11.2. The van der Waals surface area contributed by atoms with Crippen LogP contribution in [0.25, 0.3) is 0 Å². The van der Waals surface area contributed by atoms with Gasteiger partial charge in [0.05, 0.1) is 18.3 Å². The number of allylic oxidation sites excluding steroid dienone is 1. The normalized spacial score (nSPS) is 45.3. The highest BCUT2D eigenvalue weighted by molar-refractivity contribution is 5.69. The van der Waals surface area contributed by atoms with Gasteiger partial charge in [0.2, 0.25) is 0 Å². The zero-order valence-electron chi connectivity index (χ0n) is 19.3. The molecule has 1 saturated heterocycles. The van der Waals surface area contributed by atoms with Crippen molar-refractivity contribution in [1.82, 2.24) is 0 Å². The van der Waals surface area contributed by atoms with E-state index < -0.39 is 49.0 Å². The quantitative estimate of drug-likeness (QED) is 0.302. The number of carbonyl (C=O) groups is 1. The van der Waals surface area contributed by atoms with E-state index in [1.807, 2.05) is 26.8 Å². The van der Waals surface area contributed by atoms with Crippen LogP contribution in [0.1, 0.15) is 53.4 Å². The van der Waals surface area contributed by atoms with E-state index in [-0.39, 0.29) is 30.8 Å². The molecule has 2 heterocycles. The lowest BCUT2D eigenvalue weighted by atomic mass is 9.95. The van der Waals surface area contributed by atoms with E-state index in [1.165, 1.54) is 6.08 Å². The Kier molecular flexibility index (Phi) is 9.84. The lowest BCUT2D eigenvalue weighted by molar-refractivity contribution is -0.305.